The van der Waals surface area contributed by atoms with Gasteiger partial charge in [-0.25, -0.2) is 0 Å². The van der Waals surface area contributed by atoms with E-state index in [2.05, 4.69) is 4.62 Å². The maximum absolute atomic E-state index is 7.00. The second kappa shape index (κ2) is 39.6. The van der Waals surface area contributed by atoms with Crippen LogP contribution in [-0.2, 0) is 39.8 Å². The number of nitrogens with zero attached hydrogens (tertiary/aromatic N) is 1. The van der Waals surface area contributed by atoms with Crippen LogP contribution in [0.2, 0.25) is 0 Å². The Morgan fingerprint density at radius 1 is 1.25 bits per heavy atom. The quantitative estimate of drug-likeness (QED) is 0.420. The molecule has 0 rings (SSSR count). The third-order valence-electron chi connectivity index (χ3n) is 0. The van der Waals surface area contributed by atoms with Crippen molar-refractivity contribution in [2.75, 3.05) is 0 Å². The molecular weight excluding hydrogens is 122 g/mol. The van der Waals surface area contributed by atoms with Crippen molar-refractivity contribution in [3.05, 3.63) is 0 Å². The van der Waals surface area contributed by atoms with Gasteiger partial charge in [-0.2, -0.15) is 0 Å². The molecule has 0 aliphatic rings. The predicted molar refractivity (Wildman–Crippen MR) is 6.67 cm³/mol. The van der Waals surface area contributed by atoms with E-state index in [1.54, 1.807) is 0 Å². The summed E-state index contributed by atoms with van der Waals surface area (Å²) in [6.07, 6.45) is 0. The summed E-state index contributed by atoms with van der Waals surface area (Å²) in [5.74, 6) is 0. The molecule has 0 saturated carbocycles. The van der Waals surface area contributed by atoms with E-state index in [0.29, 0.717) is 0 Å². The molecule has 0 aliphatic heterocycles. The van der Waals surface area contributed by atoms with Crippen LogP contribution in [0.5, 0.6) is 0 Å². The Bertz CT molecular complexity index is 21.5. The molecule has 0 atom stereocenters. The molecule has 3 heteroatoms. The summed E-state index contributed by atoms with van der Waals surface area (Å²) in [5.41, 5.74) is 0. The molecule has 0 radical (unpaired) electrons. The van der Waals surface area contributed by atoms with Gasteiger partial charge in [-0.1, -0.05) is 0 Å². The Morgan fingerprint density at radius 2 is 1.25 bits per heavy atom. The number of hydrogen-bond acceptors (Lipinski definition) is 1. The van der Waals surface area contributed by atoms with Gasteiger partial charge >= 0.3 is 48.1 Å². The van der Waals surface area contributed by atoms with Crippen LogP contribution in [-0.4, -0.2) is 0 Å². The van der Waals surface area contributed by atoms with Crippen molar-refractivity contribution in [2.24, 2.45) is 0 Å². The zero-order chi connectivity index (χ0) is 4.00. The zero-order valence-electron chi connectivity index (χ0n) is 2.02. The third-order valence-corrected chi connectivity index (χ3v) is 0. The van der Waals surface area contributed by atoms with Crippen LogP contribution in [0.3, 0.4) is 0 Å². The zero-order valence-corrected chi connectivity index (χ0v) is 5.15. The fourth-order valence-electron chi connectivity index (χ4n) is 0. The van der Waals surface area contributed by atoms with Crippen LogP contribution in [0, 0.1) is 8.27 Å². The third kappa shape index (κ3) is 12.7. The fourth-order valence-corrected chi connectivity index (χ4v) is 0. The van der Waals surface area contributed by atoms with Crippen LogP contribution in [0.4, 0.5) is 0 Å². The molecule has 1 nitrogen and oxygen atoms in total. The molecular formula is CHNTi2. The van der Waals surface area contributed by atoms with Gasteiger partial charge in [-0.3, -0.25) is 0 Å². The van der Waals surface area contributed by atoms with E-state index in [1.807, 2.05) is 0 Å². The average molecular weight is 123 g/mol. The molecule has 0 aromatic heterocycles. The number of hydrogen-bond donors (Lipinski definition) is 0. The van der Waals surface area contributed by atoms with E-state index in [4.69, 9.17) is 3.65 Å². The summed E-state index contributed by atoms with van der Waals surface area (Å²) in [4.78, 5) is 0. The first-order valence-corrected chi connectivity index (χ1v) is 2.11. The van der Waals surface area contributed by atoms with E-state index in [9.17, 15) is 0 Å². The molecule has 0 unspecified atom stereocenters. The van der Waals surface area contributed by atoms with Gasteiger partial charge < -0.3 is 0 Å². The first-order valence-electron chi connectivity index (χ1n) is 0.512. The van der Waals surface area contributed by atoms with Crippen molar-refractivity contribution < 1.29 is 39.8 Å². The predicted octanol–water partition coefficient (Wildman–Crippen LogP) is 0.135. The number of rotatable bonds is 0. The molecule has 18 valence electrons. The van der Waals surface area contributed by atoms with Gasteiger partial charge in [0, 0.05) is 0 Å². The van der Waals surface area contributed by atoms with E-state index < -0.39 is 0 Å². The van der Waals surface area contributed by atoms with Crippen LogP contribution < -0.4 is 0 Å². The molecule has 0 N–H and O–H groups in total. The topological polar surface area (TPSA) is 23.8 Å². The minimum absolute atomic E-state index is 1.00. The Balaban J connectivity index is 0. The van der Waals surface area contributed by atoms with Crippen LogP contribution in [0.25, 0.3) is 0 Å². The summed E-state index contributed by atoms with van der Waals surface area (Å²) in [6, 6.07) is 0. The van der Waals surface area contributed by atoms with Crippen molar-refractivity contribution in [2.45, 2.75) is 0 Å². The van der Waals surface area contributed by atoms with Gasteiger partial charge in [0.25, 0.3) is 0 Å². The molecule has 0 amide bonds. The molecule has 0 bridgehead atoms. The van der Waals surface area contributed by atoms with Gasteiger partial charge in [0.1, 0.15) is 0 Å². The van der Waals surface area contributed by atoms with E-state index in [-0.39, 0.29) is 0 Å². The summed E-state index contributed by atoms with van der Waals surface area (Å²) >= 11 is 2.50. The Hall–Kier alpha value is 0.919. The molecule has 0 spiro atoms. The molecule has 0 aromatic carbocycles. The SMILES string of the molecule is [CH]#[Ti].[N]#[Ti]. The van der Waals surface area contributed by atoms with Crippen LogP contribution in [0.1, 0.15) is 0 Å². The molecule has 0 aromatic rings. The van der Waals surface area contributed by atoms with Gasteiger partial charge in [0.15, 0.2) is 0 Å². The van der Waals surface area contributed by atoms with Gasteiger partial charge in [-0.15, -0.1) is 0 Å². The maximum atomic E-state index is 7.00. The van der Waals surface area contributed by atoms with Crippen molar-refractivity contribution >= 4 is 0 Å². The summed E-state index contributed by atoms with van der Waals surface area (Å²) in [7, 11) is 0. The molecule has 0 heterocycles. The first kappa shape index (κ1) is 8.87. The Labute approximate surface area is 48.0 Å². The van der Waals surface area contributed by atoms with Crippen LogP contribution >= 0.6 is 0 Å². The van der Waals surface area contributed by atoms with Gasteiger partial charge in [0.2, 0.25) is 0 Å². The standard InChI is InChI=1S/CH.N.2Ti/h1H;;;. The second-order valence-electron chi connectivity index (χ2n) is 0. The van der Waals surface area contributed by atoms with E-state index in [1.165, 1.54) is 19.8 Å². The van der Waals surface area contributed by atoms with E-state index in [0.717, 1.165) is 20.1 Å². The first-order chi connectivity index (χ1) is 2.00. The molecule has 4 heavy (non-hydrogen) atoms. The molecule has 0 aliphatic carbocycles. The molecule has 0 fully saturated rings. The summed E-state index contributed by atoms with van der Waals surface area (Å²) < 4.78 is 11.5. The Kier molecular flexibility index (Phi) is 87.7. The van der Waals surface area contributed by atoms with Crippen molar-refractivity contribution in [1.29, 1.82) is 3.65 Å². The fraction of sp³-hybridized carbons (Fsp3) is 0. The molecule has 0 saturated heterocycles. The van der Waals surface area contributed by atoms with Gasteiger partial charge in [0.05, 0.1) is 0 Å². The normalized spacial score (nSPS) is 2.50. The monoisotopic (exact) mass is 123 g/mol. The summed E-state index contributed by atoms with van der Waals surface area (Å²) in [6.45, 7) is 0. The van der Waals surface area contributed by atoms with E-state index >= 15 is 0 Å². The average Bonchev–Trinajstić information content (AvgIpc) is 1.50. The second-order valence-corrected chi connectivity index (χ2v) is 0. The minimum atomic E-state index is 1.00. The van der Waals surface area contributed by atoms with Crippen molar-refractivity contribution in [1.82, 2.24) is 0 Å². The van der Waals surface area contributed by atoms with Crippen molar-refractivity contribution in [3.63, 3.8) is 0 Å². The Morgan fingerprint density at radius 3 is 1.25 bits per heavy atom. The summed E-state index contributed by atoms with van der Waals surface area (Å²) in [5, 5.41) is 0. The van der Waals surface area contributed by atoms with Crippen LogP contribution in [0.15, 0.2) is 0 Å². The van der Waals surface area contributed by atoms with Crippen molar-refractivity contribution in [3.8, 4) is 4.62 Å². The van der Waals surface area contributed by atoms with Gasteiger partial charge in [-0.05, 0) is 0 Å².